The molecule has 3 amide bonds. The molecule has 280 valence electrons. The number of nitrogens with zero attached hydrogens (tertiary/aromatic N) is 5. The van der Waals surface area contributed by atoms with Gasteiger partial charge in [-0.3, -0.25) is 24.4 Å². The van der Waals surface area contributed by atoms with E-state index in [2.05, 4.69) is 31.3 Å². The highest BCUT2D eigenvalue weighted by Gasteiger charge is 2.35. The predicted octanol–water partition coefficient (Wildman–Crippen LogP) is 3.35. The first-order chi connectivity index (χ1) is 25.3. The van der Waals surface area contributed by atoms with Crippen LogP contribution in [0.4, 0.5) is 4.39 Å². The number of nitrogens with one attached hydrogen (secondary N) is 2. The molecule has 2 fully saturated rings. The molecule has 0 aliphatic carbocycles. The molecule has 0 saturated carbocycles. The molecule has 0 spiro atoms. The van der Waals surface area contributed by atoms with Crippen LogP contribution in [-0.2, 0) is 16.1 Å². The van der Waals surface area contributed by atoms with Crippen LogP contribution >= 0.6 is 11.3 Å². The smallest absolute Gasteiger partial charge is 0.416 e. The highest BCUT2D eigenvalue weighted by atomic mass is 32.1. The molecule has 2 aliphatic rings. The van der Waals surface area contributed by atoms with Gasteiger partial charge in [0, 0.05) is 68.8 Å². The van der Waals surface area contributed by atoms with Crippen LogP contribution in [0.1, 0.15) is 47.1 Å². The Balaban J connectivity index is 0.000000187. The Morgan fingerprint density at radius 1 is 1.02 bits per heavy atom. The number of halogens is 1. The molecular weight excluding hydrogens is 706 g/mol. The summed E-state index contributed by atoms with van der Waals surface area (Å²) in [7, 11) is 1.63. The Bertz CT molecular complexity index is 2120. The number of hydrogen-bond donors (Lipinski definition) is 5. The number of aryl methyl sites for hydroxylation is 1. The standard InChI is InChI=1S/C20H28FN3O6.C17H14N4OS/c1-14(25)22-9-11-23(12-10-22)19(26)17-6-2-3-8-24(17)13-15-16(21)5-4-7-18(15)30-20(27,28)29;1-9-19-14-6-3-10(8-15(14)23-9)16-12-7-11(17(22)18-2)4-5-13(12)20-21-16/h4-5,7,17,27-29H,2-3,6,8-13H2,1H3;3-8H,1-2H3,(H,18,22)(H,20,21). The molecule has 1 unspecified atom stereocenters. The summed E-state index contributed by atoms with van der Waals surface area (Å²) in [6.45, 7) is 5.99. The fourth-order valence-corrected chi connectivity index (χ4v) is 7.62. The first-order valence-corrected chi connectivity index (χ1v) is 18.1. The van der Waals surface area contributed by atoms with Gasteiger partial charge in [0.2, 0.25) is 11.8 Å². The van der Waals surface area contributed by atoms with Gasteiger partial charge in [0.25, 0.3) is 5.91 Å². The van der Waals surface area contributed by atoms with Gasteiger partial charge in [0.05, 0.1) is 32.5 Å². The maximum absolute atomic E-state index is 14.5. The van der Waals surface area contributed by atoms with E-state index in [1.54, 1.807) is 34.3 Å². The molecule has 7 rings (SSSR count). The summed E-state index contributed by atoms with van der Waals surface area (Å²) in [5.74, 6) is -1.02. The topological polar surface area (TPSA) is 184 Å². The molecule has 4 heterocycles. The number of aromatic nitrogens is 3. The van der Waals surface area contributed by atoms with Gasteiger partial charge in [-0.25, -0.2) is 9.37 Å². The van der Waals surface area contributed by atoms with Crippen molar-refractivity contribution in [2.75, 3.05) is 39.8 Å². The zero-order valence-electron chi connectivity index (χ0n) is 29.6. The quantitative estimate of drug-likeness (QED) is 0.155. The second kappa shape index (κ2) is 15.9. The summed E-state index contributed by atoms with van der Waals surface area (Å²) in [6.07, 6.45) is -1.10. The van der Waals surface area contributed by atoms with Gasteiger partial charge in [-0.2, -0.15) is 5.10 Å². The first-order valence-electron chi connectivity index (χ1n) is 17.3. The molecule has 14 nitrogen and oxygen atoms in total. The van der Waals surface area contributed by atoms with E-state index < -0.39 is 18.0 Å². The lowest BCUT2D eigenvalue weighted by Gasteiger charge is -2.40. The van der Waals surface area contributed by atoms with Crippen molar-refractivity contribution >= 4 is 50.2 Å². The number of aromatic amines is 1. The molecular formula is C37H42FN7O7S. The van der Waals surface area contributed by atoms with E-state index in [9.17, 15) is 18.8 Å². The van der Waals surface area contributed by atoms with Crippen molar-refractivity contribution in [2.45, 2.75) is 51.9 Å². The Morgan fingerprint density at radius 2 is 1.77 bits per heavy atom. The summed E-state index contributed by atoms with van der Waals surface area (Å²) in [4.78, 5) is 46.3. The van der Waals surface area contributed by atoms with Crippen molar-refractivity contribution in [3.8, 4) is 17.0 Å². The Hall–Kier alpha value is -5.00. The largest absolute Gasteiger partial charge is 0.453 e. The van der Waals surface area contributed by atoms with Crippen LogP contribution < -0.4 is 10.1 Å². The van der Waals surface area contributed by atoms with Gasteiger partial charge < -0.3 is 35.2 Å². The van der Waals surface area contributed by atoms with Crippen molar-refractivity contribution in [3.05, 3.63) is 76.5 Å². The van der Waals surface area contributed by atoms with Crippen LogP contribution in [0.3, 0.4) is 0 Å². The van der Waals surface area contributed by atoms with E-state index in [0.29, 0.717) is 44.7 Å². The molecule has 5 N–H and O–H groups in total. The van der Waals surface area contributed by atoms with Crippen LogP contribution in [0, 0.1) is 12.7 Å². The van der Waals surface area contributed by atoms with Crippen molar-refractivity contribution in [1.82, 2.24) is 35.2 Å². The molecule has 0 radical (unpaired) electrons. The van der Waals surface area contributed by atoms with Gasteiger partial charge in [-0.05, 0) is 68.8 Å². The summed E-state index contributed by atoms with van der Waals surface area (Å²) in [5.41, 5.74) is 4.42. The second-order valence-corrected chi connectivity index (χ2v) is 14.3. The van der Waals surface area contributed by atoms with Crippen molar-refractivity contribution in [1.29, 1.82) is 0 Å². The second-order valence-electron chi connectivity index (χ2n) is 13.0. The molecule has 5 aromatic rings. The lowest BCUT2D eigenvalue weighted by atomic mass is 9.99. The predicted molar refractivity (Wildman–Crippen MR) is 196 cm³/mol. The van der Waals surface area contributed by atoms with Crippen LogP contribution in [0.25, 0.3) is 32.4 Å². The van der Waals surface area contributed by atoms with Gasteiger partial charge in [-0.15, -0.1) is 11.3 Å². The average Bonchev–Trinajstić information content (AvgIpc) is 3.74. The van der Waals surface area contributed by atoms with Crippen molar-refractivity contribution in [3.63, 3.8) is 0 Å². The number of aliphatic hydroxyl groups is 3. The monoisotopic (exact) mass is 747 g/mol. The van der Waals surface area contributed by atoms with Crippen molar-refractivity contribution < 1.29 is 38.8 Å². The minimum absolute atomic E-state index is 0.0128. The number of rotatable bonds is 7. The van der Waals surface area contributed by atoms with Crippen LogP contribution in [-0.4, -0.2) is 115 Å². The average molecular weight is 748 g/mol. The van der Waals surface area contributed by atoms with E-state index in [0.717, 1.165) is 50.2 Å². The fraction of sp³-hybridized carbons (Fsp3) is 0.378. The lowest BCUT2D eigenvalue weighted by molar-refractivity contribution is -0.419. The normalized spacial score (nSPS) is 16.7. The number of amides is 3. The minimum atomic E-state index is -3.43. The number of likely N-dealkylation sites (tertiary alicyclic amines) is 1. The van der Waals surface area contributed by atoms with E-state index in [1.165, 1.54) is 25.1 Å². The van der Waals surface area contributed by atoms with Gasteiger partial charge in [0.1, 0.15) is 11.6 Å². The summed E-state index contributed by atoms with van der Waals surface area (Å²) in [5, 5.41) is 39.5. The number of carbonyl (C=O) groups is 3. The number of hydrogen-bond acceptors (Lipinski definition) is 11. The molecule has 2 aliphatic heterocycles. The number of ether oxygens (including phenoxy) is 1. The SMILES string of the molecule is CC(=O)N1CCN(C(=O)C2CCCCN2Cc2c(F)cccc2OC(O)(O)O)CC1.CNC(=O)c1ccc2[nH]nc(-c3ccc4nc(C)sc4c3)c2c1. The van der Waals surface area contributed by atoms with E-state index in [-0.39, 0.29) is 35.6 Å². The minimum Gasteiger partial charge on any atom is -0.416 e. The van der Waals surface area contributed by atoms with Gasteiger partial charge >= 0.3 is 6.16 Å². The fourth-order valence-electron chi connectivity index (χ4n) is 6.76. The summed E-state index contributed by atoms with van der Waals surface area (Å²) >= 11 is 1.67. The molecule has 1 atom stereocenters. The highest BCUT2D eigenvalue weighted by Crippen LogP contribution is 2.32. The third kappa shape index (κ3) is 8.80. The number of thiazole rings is 1. The molecule has 16 heteroatoms. The van der Waals surface area contributed by atoms with E-state index in [1.807, 2.05) is 36.1 Å². The van der Waals surface area contributed by atoms with E-state index in [4.69, 9.17) is 15.3 Å². The van der Waals surface area contributed by atoms with Crippen molar-refractivity contribution in [2.24, 2.45) is 0 Å². The number of H-pyrrole nitrogens is 1. The zero-order valence-corrected chi connectivity index (χ0v) is 30.5. The molecule has 2 saturated heterocycles. The number of benzene rings is 3. The first kappa shape index (κ1) is 37.7. The zero-order chi connectivity index (χ0) is 37.9. The van der Waals surface area contributed by atoms with Crippen LogP contribution in [0.15, 0.2) is 54.6 Å². The molecule has 3 aromatic carbocycles. The maximum atomic E-state index is 14.5. The number of piperidine rings is 1. The third-order valence-corrected chi connectivity index (χ3v) is 10.4. The maximum Gasteiger partial charge on any atom is 0.453 e. The molecule has 0 bridgehead atoms. The van der Waals surface area contributed by atoms with Crippen LogP contribution in [0.5, 0.6) is 5.75 Å². The van der Waals surface area contributed by atoms with Gasteiger partial charge in [0.15, 0.2) is 0 Å². The third-order valence-electron chi connectivity index (χ3n) is 9.44. The van der Waals surface area contributed by atoms with Crippen LogP contribution in [0.2, 0.25) is 0 Å². The van der Waals surface area contributed by atoms with Gasteiger partial charge in [-0.1, -0.05) is 18.6 Å². The number of piperazine rings is 1. The Labute approximate surface area is 308 Å². The lowest BCUT2D eigenvalue weighted by Crippen LogP contribution is -2.56. The molecule has 53 heavy (non-hydrogen) atoms. The Kier molecular flexibility index (Phi) is 11.3. The summed E-state index contributed by atoms with van der Waals surface area (Å²) < 4.78 is 20.3. The number of fused-ring (bicyclic) bond motifs is 2. The highest BCUT2D eigenvalue weighted by molar-refractivity contribution is 7.18. The van der Waals surface area contributed by atoms with E-state index >= 15 is 0 Å². The molecule has 2 aromatic heterocycles. The summed E-state index contributed by atoms with van der Waals surface area (Å²) in [6, 6.07) is 15.1. The number of carbonyl (C=O) groups excluding carboxylic acids is 3. The Morgan fingerprint density at radius 3 is 2.49 bits per heavy atom.